The van der Waals surface area contributed by atoms with Crippen molar-refractivity contribution in [1.29, 1.82) is 0 Å². The van der Waals surface area contributed by atoms with E-state index in [1.165, 1.54) is 13.8 Å². The summed E-state index contributed by atoms with van der Waals surface area (Å²) in [7, 11) is 1.55. The third-order valence-corrected chi connectivity index (χ3v) is 7.56. The number of methoxy groups -OCH3 is 1. The van der Waals surface area contributed by atoms with Crippen LogP contribution in [0.4, 0.5) is 0 Å². The maximum absolute atomic E-state index is 14.3. The Hall–Kier alpha value is -4.46. The van der Waals surface area contributed by atoms with Crippen LogP contribution in [0.5, 0.6) is 5.75 Å². The maximum atomic E-state index is 14.3. The number of Topliss-reactive ketones (excluding diaryl/α,β-unsaturated/α-hetero) is 1. The number of hydrogen-bond acceptors (Lipinski definition) is 8. The van der Waals surface area contributed by atoms with E-state index in [9.17, 15) is 14.4 Å². The molecule has 3 heterocycles. The van der Waals surface area contributed by atoms with E-state index in [0.717, 1.165) is 5.56 Å². The van der Waals surface area contributed by atoms with Crippen molar-refractivity contribution in [3.63, 3.8) is 0 Å². The molecule has 8 nitrogen and oxygen atoms in total. The Morgan fingerprint density at radius 2 is 1.53 bits per heavy atom. The number of cyclic esters (lactones) is 2. The number of benzene rings is 3. The number of ether oxygens (including phenoxy) is 3. The zero-order chi connectivity index (χ0) is 26.7. The molecule has 3 aromatic carbocycles. The Bertz CT molecular complexity index is 1440. The number of rotatable bonds is 4. The summed E-state index contributed by atoms with van der Waals surface area (Å²) in [6.45, 7) is 3.04. The summed E-state index contributed by atoms with van der Waals surface area (Å²) >= 11 is 0. The van der Waals surface area contributed by atoms with Crippen LogP contribution in [0.25, 0.3) is 0 Å². The molecular formula is C30H26N2O6. The number of nitrogens with zero attached hydrogens (tertiary/aromatic N) is 2. The summed E-state index contributed by atoms with van der Waals surface area (Å²) < 4.78 is 16.8. The highest BCUT2D eigenvalue weighted by atomic mass is 16.7. The summed E-state index contributed by atoms with van der Waals surface area (Å²) in [5.74, 6) is -3.54. The Balaban J connectivity index is 1.62. The van der Waals surface area contributed by atoms with Crippen LogP contribution in [0.3, 0.4) is 0 Å². The molecule has 3 aliphatic rings. The van der Waals surface area contributed by atoms with Gasteiger partial charge in [-0.1, -0.05) is 54.6 Å². The van der Waals surface area contributed by atoms with Crippen LogP contribution in [0.2, 0.25) is 0 Å². The summed E-state index contributed by atoms with van der Waals surface area (Å²) in [4.78, 5) is 42.6. The third kappa shape index (κ3) is 3.36. The molecule has 0 amide bonds. The predicted molar refractivity (Wildman–Crippen MR) is 138 cm³/mol. The fraction of sp³-hybridized carbons (Fsp3) is 0.267. The first kappa shape index (κ1) is 23.9. The van der Waals surface area contributed by atoms with E-state index in [1.807, 2.05) is 54.6 Å². The van der Waals surface area contributed by atoms with Crippen molar-refractivity contribution in [2.75, 3.05) is 7.11 Å². The molecule has 1 unspecified atom stereocenters. The topological polar surface area (TPSA) is 94.5 Å². The van der Waals surface area contributed by atoms with Crippen molar-refractivity contribution in [1.82, 2.24) is 5.01 Å². The van der Waals surface area contributed by atoms with Gasteiger partial charge in [-0.25, -0.2) is 0 Å². The SMILES string of the molecule is COc1ccc(C(=O)[C@H]2[C@H](c3ccccc3)C3(C(=O)OC(C)(C)OC3=O)C3c4ccccc4C=NN32)cc1. The molecule has 0 radical (unpaired) electrons. The van der Waals surface area contributed by atoms with Gasteiger partial charge >= 0.3 is 11.9 Å². The van der Waals surface area contributed by atoms with Crippen molar-refractivity contribution < 1.29 is 28.6 Å². The molecule has 1 spiro atoms. The van der Waals surface area contributed by atoms with Crippen LogP contribution in [0.15, 0.2) is 84.0 Å². The molecule has 0 aliphatic carbocycles. The molecule has 3 aliphatic heterocycles. The first-order chi connectivity index (χ1) is 18.3. The van der Waals surface area contributed by atoms with Gasteiger partial charge in [0.25, 0.3) is 5.79 Å². The van der Waals surface area contributed by atoms with Gasteiger partial charge in [0.2, 0.25) is 5.41 Å². The van der Waals surface area contributed by atoms with Gasteiger partial charge in [-0.2, -0.15) is 5.10 Å². The number of carbonyl (C=O) groups is 3. The molecule has 0 saturated carbocycles. The van der Waals surface area contributed by atoms with E-state index < -0.39 is 41.1 Å². The lowest BCUT2D eigenvalue weighted by molar-refractivity contribution is -0.254. The standard InChI is InChI=1S/C30H26N2O6/c1-29(2)37-27(34)30(28(35)38-29)23(18-9-5-4-6-10-18)24(25(33)19-13-15-21(36-3)16-14-19)32-26(30)22-12-8-7-11-20(22)17-31-32/h4-17,23-24,26H,1-3H3/t23-,24+,26?/m0/s1. The second-order valence-corrected chi connectivity index (χ2v) is 10.1. The smallest absolute Gasteiger partial charge is 0.330 e. The molecule has 192 valence electrons. The Morgan fingerprint density at radius 1 is 0.895 bits per heavy atom. The van der Waals surface area contributed by atoms with Crippen LogP contribution in [0, 0.1) is 5.41 Å². The maximum Gasteiger partial charge on any atom is 0.330 e. The summed E-state index contributed by atoms with van der Waals surface area (Å²) in [6, 6.07) is 21.3. The van der Waals surface area contributed by atoms with Crippen molar-refractivity contribution in [2.24, 2.45) is 10.5 Å². The summed E-state index contributed by atoms with van der Waals surface area (Å²) in [5.41, 5.74) is 0.608. The highest BCUT2D eigenvalue weighted by Crippen LogP contribution is 2.62. The molecule has 3 atom stereocenters. The lowest BCUT2D eigenvalue weighted by Gasteiger charge is -2.44. The molecule has 38 heavy (non-hydrogen) atoms. The molecule has 0 aromatic heterocycles. The first-order valence-electron chi connectivity index (χ1n) is 12.4. The van der Waals surface area contributed by atoms with Crippen LogP contribution in [0.1, 0.15) is 52.9 Å². The van der Waals surface area contributed by atoms with Gasteiger partial charge in [-0.3, -0.25) is 19.4 Å². The summed E-state index contributed by atoms with van der Waals surface area (Å²) in [5, 5.41) is 6.26. The number of carbonyl (C=O) groups excluding carboxylic acids is 3. The van der Waals surface area contributed by atoms with E-state index in [0.29, 0.717) is 22.4 Å². The van der Waals surface area contributed by atoms with Crippen molar-refractivity contribution >= 4 is 23.9 Å². The van der Waals surface area contributed by atoms with Gasteiger partial charge in [0.1, 0.15) is 17.8 Å². The van der Waals surface area contributed by atoms with E-state index in [1.54, 1.807) is 42.6 Å². The molecule has 0 bridgehead atoms. The summed E-state index contributed by atoms with van der Waals surface area (Å²) in [6.07, 6.45) is 1.66. The highest BCUT2D eigenvalue weighted by molar-refractivity contribution is 6.09. The van der Waals surface area contributed by atoms with E-state index in [2.05, 4.69) is 5.10 Å². The Labute approximate surface area is 219 Å². The second kappa shape index (κ2) is 8.55. The molecule has 2 fully saturated rings. The van der Waals surface area contributed by atoms with Crippen LogP contribution in [-0.4, -0.2) is 47.9 Å². The first-order valence-corrected chi connectivity index (χ1v) is 12.4. The zero-order valence-electron chi connectivity index (χ0n) is 21.2. The fourth-order valence-corrected chi connectivity index (χ4v) is 5.97. The van der Waals surface area contributed by atoms with Gasteiger partial charge < -0.3 is 14.2 Å². The van der Waals surface area contributed by atoms with Crippen LogP contribution in [-0.2, 0) is 19.1 Å². The average molecular weight is 511 g/mol. The quantitative estimate of drug-likeness (QED) is 0.294. The molecular weight excluding hydrogens is 484 g/mol. The molecule has 0 N–H and O–H groups in total. The highest BCUT2D eigenvalue weighted by Gasteiger charge is 2.75. The Morgan fingerprint density at radius 3 is 2.18 bits per heavy atom. The predicted octanol–water partition coefficient (Wildman–Crippen LogP) is 4.26. The van der Waals surface area contributed by atoms with E-state index in [4.69, 9.17) is 14.2 Å². The van der Waals surface area contributed by atoms with Crippen LogP contribution >= 0.6 is 0 Å². The minimum absolute atomic E-state index is 0.287. The Kier molecular flexibility index (Phi) is 5.38. The molecule has 2 saturated heterocycles. The number of fused-ring (bicyclic) bond motifs is 4. The minimum Gasteiger partial charge on any atom is -0.497 e. The molecule has 3 aromatic rings. The average Bonchev–Trinajstić information content (AvgIpc) is 3.24. The monoisotopic (exact) mass is 510 g/mol. The molecule has 8 heteroatoms. The minimum atomic E-state index is -1.88. The third-order valence-electron chi connectivity index (χ3n) is 7.56. The van der Waals surface area contributed by atoms with Gasteiger partial charge in [-0.05, 0) is 41.0 Å². The number of hydrazone groups is 1. The van der Waals surface area contributed by atoms with E-state index >= 15 is 0 Å². The number of esters is 2. The van der Waals surface area contributed by atoms with Crippen molar-refractivity contribution in [2.45, 2.75) is 37.6 Å². The fourth-order valence-electron chi connectivity index (χ4n) is 5.97. The van der Waals surface area contributed by atoms with Crippen molar-refractivity contribution in [3.05, 3.63) is 101 Å². The molecule has 6 rings (SSSR count). The largest absolute Gasteiger partial charge is 0.497 e. The number of ketones is 1. The van der Waals surface area contributed by atoms with Gasteiger partial charge in [0.05, 0.1) is 13.3 Å². The van der Waals surface area contributed by atoms with Gasteiger partial charge in [-0.15, -0.1) is 0 Å². The lowest BCUT2D eigenvalue weighted by Crippen LogP contribution is -2.58. The normalized spacial score (nSPS) is 24.3. The van der Waals surface area contributed by atoms with Crippen LogP contribution < -0.4 is 4.74 Å². The van der Waals surface area contributed by atoms with E-state index in [-0.39, 0.29) is 5.78 Å². The lowest BCUT2D eigenvalue weighted by atomic mass is 9.65. The number of hydrogen-bond donors (Lipinski definition) is 0. The van der Waals surface area contributed by atoms with Crippen molar-refractivity contribution in [3.8, 4) is 5.75 Å². The zero-order valence-corrected chi connectivity index (χ0v) is 21.2. The van der Waals surface area contributed by atoms with Gasteiger partial charge in [0.15, 0.2) is 5.78 Å². The second-order valence-electron chi connectivity index (χ2n) is 10.1. The van der Waals surface area contributed by atoms with Gasteiger partial charge in [0, 0.05) is 25.3 Å².